The van der Waals surface area contributed by atoms with Crippen LogP contribution in [0.5, 0.6) is 0 Å². The van der Waals surface area contributed by atoms with Crippen LogP contribution in [0, 0.1) is 0 Å². The first-order chi connectivity index (χ1) is 4.74. The van der Waals surface area contributed by atoms with Crippen LogP contribution in [0.3, 0.4) is 0 Å². The molecule has 0 spiro atoms. The van der Waals surface area contributed by atoms with Gasteiger partial charge in [0.2, 0.25) is 0 Å². The van der Waals surface area contributed by atoms with Gasteiger partial charge < -0.3 is 0 Å². The van der Waals surface area contributed by atoms with Crippen molar-refractivity contribution in [1.82, 2.24) is 0 Å². The first-order valence-corrected chi connectivity index (χ1v) is 5.40. The van der Waals surface area contributed by atoms with Gasteiger partial charge in [-0.05, 0) is 34.2 Å². The van der Waals surface area contributed by atoms with Gasteiger partial charge in [0.25, 0.3) is 0 Å². The molecular weight excluding hydrogens is 252 g/mol. The third-order valence-corrected chi connectivity index (χ3v) is 3.81. The molecule has 0 unspecified atom stereocenters. The summed E-state index contributed by atoms with van der Waals surface area (Å²) in [4.78, 5) is 1.28. The molecule has 0 radical (unpaired) electrons. The average Bonchev–Trinajstić information content (AvgIpc) is 2.14. The Morgan fingerprint density at radius 2 is 2.40 bits per heavy atom. The lowest BCUT2D eigenvalue weighted by molar-refractivity contribution is 1.21. The summed E-state index contributed by atoms with van der Waals surface area (Å²) in [7, 11) is 0. The van der Waals surface area contributed by atoms with E-state index in [1.54, 1.807) is 11.3 Å². The van der Waals surface area contributed by atoms with Gasteiger partial charge in [-0.3, -0.25) is 0 Å². The second-order valence-electron chi connectivity index (χ2n) is 1.81. The van der Waals surface area contributed by atoms with Crippen LogP contribution in [0.2, 0.25) is 4.34 Å². The van der Waals surface area contributed by atoms with Gasteiger partial charge in [-0.15, -0.1) is 11.3 Å². The number of thiol groups is 1. The van der Waals surface area contributed by atoms with E-state index in [0.29, 0.717) is 0 Å². The summed E-state index contributed by atoms with van der Waals surface area (Å²) in [5.74, 6) is 0.878. The van der Waals surface area contributed by atoms with Crippen molar-refractivity contribution in [3.63, 3.8) is 0 Å². The number of hydrogen-bond donors (Lipinski definition) is 1. The molecule has 0 atom stereocenters. The zero-order valence-corrected chi connectivity index (χ0v) is 9.16. The van der Waals surface area contributed by atoms with Crippen molar-refractivity contribution in [3.8, 4) is 0 Å². The van der Waals surface area contributed by atoms with Crippen LogP contribution in [-0.4, -0.2) is 5.75 Å². The largest absolute Gasteiger partial charge is 0.179 e. The molecule has 0 bridgehead atoms. The summed E-state index contributed by atoms with van der Waals surface area (Å²) in [5.41, 5.74) is 0. The van der Waals surface area contributed by atoms with Gasteiger partial charge in [-0.25, -0.2) is 0 Å². The molecule has 0 N–H and O–H groups in total. The molecule has 0 fully saturated rings. The van der Waals surface area contributed by atoms with Crippen LogP contribution in [-0.2, 0) is 6.42 Å². The first-order valence-electron chi connectivity index (χ1n) is 2.78. The standard InChI is InChI=1S/C6H6BrClS2/c7-5-3-4(1-2-9)10-6(5)8/h3,9H,1-2H2. The van der Waals surface area contributed by atoms with Gasteiger partial charge in [0, 0.05) is 9.35 Å². The number of hydrogen-bond acceptors (Lipinski definition) is 2. The Morgan fingerprint density at radius 3 is 2.80 bits per heavy atom. The number of aryl methyl sites for hydroxylation is 1. The molecule has 0 aliphatic rings. The van der Waals surface area contributed by atoms with Crippen molar-refractivity contribution in [2.75, 3.05) is 5.75 Å². The molecule has 0 nitrogen and oxygen atoms in total. The van der Waals surface area contributed by atoms with Gasteiger partial charge in [0.05, 0.1) is 0 Å². The smallest absolute Gasteiger partial charge is 0.107 e. The average molecular weight is 258 g/mol. The molecule has 1 heterocycles. The summed E-state index contributed by atoms with van der Waals surface area (Å²) in [6.07, 6.45) is 0.999. The Morgan fingerprint density at radius 1 is 1.70 bits per heavy atom. The van der Waals surface area contributed by atoms with E-state index in [1.165, 1.54) is 4.88 Å². The van der Waals surface area contributed by atoms with Gasteiger partial charge in [-0.1, -0.05) is 11.6 Å². The molecule has 10 heavy (non-hydrogen) atoms. The Labute approximate surface area is 83.1 Å². The summed E-state index contributed by atoms with van der Waals surface area (Å²) < 4.78 is 1.83. The summed E-state index contributed by atoms with van der Waals surface area (Å²) in [5, 5.41) is 0. The third kappa shape index (κ3) is 2.16. The van der Waals surface area contributed by atoms with Crippen molar-refractivity contribution in [3.05, 3.63) is 19.8 Å². The predicted molar refractivity (Wildman–Crippen MR) is 54.6 cm³/mol. The van der Waals surface area contributed by atoms with E-state index < -0.39 is 0 Å². The Hall–Kier alpha value is 0.820. The normalized spacial score (nSPS) is 10.3. The van der Waals surface area contributed by atoms with E-state index in [-0.39, 0.29) is 0 Å². The molecule has 1 rings (SSSR count). The van der Waals surface area contributed by atoms with Crippen LogP contribution in [0.15, 0.2) is 10.5 Å². The van der Waals surface area contributed by atoms with Crippen molar-refractivity contribution in [2.24, 2.45) is 0 Å². The summed E-state index contributed by atoms with van der Waals surface area (Å²) >= 11 is 14.9. The molecule has 0 saturated heterocycles. The van der Waals surface area contributed by atoms with Crippen molar-refractivity contribution < 1.29 is 0 Å². The fourth-order valence-corrected chi connectivity index (χ4v) is 2.81. The van der Waals surface area contributed by atoms with Crippen molar-refractivity contribution >= 4 is 51.5 Å². The second-order valence-corrected chi connectivity index (χ2v) is 4.85. The number of rotatable bonds is 2. The zero-order valence-electron chi connectivity index (χ0n) is 5.10. The molecule has 0 amide bonds. The van der Waals surface area contributed by atoms with Gasteiger partial charge in [0.15, 0.2) is 0 Å². The fourth-order valence-electron chi connectivity index (χ4n) is 0.625. The van der Waals surface area contributed by atoms with Crippen LogP contribution < -0.4 is 0 Å². The Kier molecular flexibility index (Phi) is 3.56. The minimum atomic E-state index is 0.830. The molecular formula is C6H6BrClS2. The van der Waals surface area contributed by atoms with E-state index in [2.05, 4.69) is 28.6 Å². The number of thiophene rings is 1. The maximum Gasteiger partial charge on any atom is 0.107 e. The maximum atomic E-state index is 5.81. The van der Waals surface area contributed by atoms with Crippen molar-refractivity contribution in [1.29, 1.82) is 0 Å². The highest BCUT2D eigenvalue weighted by Crippen LogP contribution is 2.32. The van der Waals surface area contributed by atoms with Crippen LogP contribution in [0.25, 0.3) is 0 Å². The summed E-state index contributed by atoms with van der Waals surface area (Å²) in [6, 6.07) is 2.04. The van der Waals surface area contributed by atoms with E-state index in [4.69, 9.17) is 11.6 Å². The predicted octanol–water partition coefficient (Wildman–Crippen LogP) is 3.64. The molecule has 1 aromatic heterocycles. The number of halogens is 2. The Bertz CT molecular complexity index is 202. The van der Waals surface area contributed by atoms with Crippen LogP contribution in [0.1, 0.15) is 4.88 Å². The molecule has 4 heteroatoms. The highest BCUT2D eigenvalue weighted by atomic mass is 79.9. The Balaban J connectivity index is 2.77. The lowest BCUT2D eigenvalue weighted by atomic mass is 10.4. The molecule has 0 aromatic carbocycles. The molecule has 56 valence electrons. The lowest BCUT2D eigenvalue weighted by Gasteiger charge is -1.85. The van der Waals surface area contributed by atoms with E-state index in [9.17, 15) is 0 Å². The quantitative estimate of drug-likeness (QED) is 0.769. The van der Waals surface area contributed by atoms with E-state index in [0.717, 1.165) is 21.0 Å². The maximum absolute atomic E-state index is 5.81. The first kappa shape index (κ1) is 8.91. The topological polar surface area (TPSA) is 0 Å². The third-order valence-electron chi connectivity index (χ3n) is 1.05. The van der Waals surface area contributed by atoms with Crippen LogP contribution >= 0.6 is 51.5 Å². The van der Waals surface area contributed by atoms with Gasteiger partial charge in [-0.2, -0.15) is 12.6 Å². The monoisotopic (exact) mass is 256 g/mol. The van der Waals surface area contributed by atoms with Gasteiger partial charge >= 0.3 is 0 Å². The van der Waals surface area contributed by atoms with Crippen LogP contribution in [0.4, 0.5) is 0 Å². The molecule has 0 aliphatic heterocycles. The lowest BCUT2D eigenvalue weighted by Crippen LogP contribution is -1.77. The SMILES string of the molecule is SCCc1cc(Br)c(Cl)s1. The van der Waals surface area contributed by atoms with Crippen molar-refractivity contribution in [2.45, 2.75) is 6.42 Å². The van der Waals surface area contributed by atoms with E-state index >= 15 is 0 Å². The molecule has 0 saturated carbocycles. The fraction of sp³-hybridized carbons (Fsp3) is 0.333. The minimum absolute atomic E-state index is 0.830. The molecule has 1 aromatic rings. The van der Waals surface area contributed by atoms with E-state index in [1.807, 2.05) is 6.07 Å². The highest BCUT2D eigenvalue weighted by Gasteiger charge is 2.02. The highest BCUT2D eigenvalue weighted by molar-refractivity contribution is 9.10. The van der Waals surface area contributed by atoms with Gasteiger partial charge in [0.1, 0.15) is 4.34 Å². The summed E-state index contributed by atoms with van der Waals surface area (Å²) in [6.45, 7) is 0. The molecule has 0 aliphatic carbocycles. The second kappa shape index (κ2) is 4.00. The minimum Gasteiger partial charge on any atom is -0.179 e. The zero-order chi connectivity index (χ0) is 7.56.